The van der Waals surface area contributed by atoms with Gasteiger partial charge in [-0.25, -0.2) is 0 Å². The molecule has 0 amide bonds. The van der Waals surface area contributed by atoms with E-state index in [0.29, 0.717) is 30.1 Å². The van der Waals surface area contributed by atoms with Gasteiger partial charge in [-0.15, -0.1) is 0 Å². The number of hydrogen-bond donors (Lipinski definition) is 5. The predicted octanol–water partition coefficient (Wildman–Crippen LogP) is 2.64. The third-order valence-electron chi connectivity index (χ3n) is 10.1. The third kappa shape index (κ3) is 2.85. The summed E-state index contributed by atoms with van der Waals surface area (Å²) in [6, 6.07) is 0. The van der Waals surface area contributed by atoms with Gasteiger partial charge < -0.3 is 25.5 Å². The zero-order chi connectivity index (χ0) is 22.3. The summed E-state index contributed by atoms with van der Waals surface area (Å²) in [7, 11) is 0. The lowest BCUT2D eigenvalue weighted by molar-refractivity contribution is -0.148. The number of aliphatic hydroxyl groups is 5. The Morgan fingerprint density at radius 1 is 1.17 bits per heavy atom. The molecule has 5 heteroatoms. The summed E-state index contributed by atoms with van der Waals surface area (Å²) in [5.41, 5.74) is -0.551. The molecule has 30 heavy (non-hydrogen) atoms. The van der Waals surface area contributed by atoms with E-state index in [4.69, 9.17) is 0 Å². The van der Waals surface area contributed by atoms with Gasteiger partial charge in [-0.3, -0.25) is 0 Å². The molecule has 11 atom stereocenters. The van der Waals surface area contributed by atoms with Gasteiger partial charge in [0.1, 0.15) is 11.7 Å². The lowest BCUT2D eigenvalue weighted by Crippen LogP contribution is -2.54. The van der Waals surface area contributed by atoms with Crippen LogP contribution in [-0.2, 0) is 0 Å². The average molecular weight is 447 g/mol. The molecule has 0 aromatic rings. The van der Waals surface area contributed by atoms with E-state index in [1.807, 2.05) is 0 Å². The van der Waals surface area contributed by atoms with Gasteiger partial charge >= 0.3 is 0 Å². The van der Waals surface area contributed by atoms with Gasteiger partial charge in [0.25, 0.3) is 0 Å². The molecular weight excluding hydrogens is 405 g/mol. The lowest BCUT2D eigenvalue weighted by atomic mass is 10.5. The van der Waals surface area contributed by atoms with Gasteiger partial charge in [0, 0.05) is 5.41 Å². The van der Waals surface area contributed by atoms with Crippen molar-refractivity contribution in [2.75, 3.05) is 6.61 Å². The summed E-state index contributed by atoms with van der Waals surface area (Å²) in [5, 5.41) is 52.4. The minimum atomic E-state index is -1.72. The standard InChI is InChI=1S/C25H42O5/c1-14-10-19(28)25-15(2)6-7-16(25)20-22(3,11-17(14)25)8-9-23(20,4)12-18(27)21(29)24(5,30)13-26/h11,14-16,18-21,26-30H,6-10,12-13H2,1-5H3/t14-,15-,16-,18+,19+,20-,21+,22+,23+,24-,25+/m0/s1/i1+1,2+1,3+1,4+1,5+1,6+1,7+1,8+1,9+1,10+1,11+1,12+1,13+1,14+1,15+1,16+1,17+1,18+1,19+1,20+1,21+1,22+1,23+1,24+1,25+1. The quantitative estimate of drug-likeness (QED) is 0.330. The van der Waals surface area contributed by atoms with Crippen LogP contribution in [0.5, 0.6) is 0 Å². The predicted molar refractivity (Wildman–Crippen MR) is 115 cm³/mol. The number of fused-ring (bicyclic) bond motifs is 2. The van der Waals surface area contributed by atoms with Crippen molar-refractivity contribution >= 4 is 0 Å². The summed E-state index contributed by atoms with van der Waals surface area (Å²) in [4.78, 5) is 0. The Labute approximate surface area is 181 Å². The van der Waals surface area contributed by atoms with Crippen molar-refractivity contribution < 1.29 is 25.5 Å². The first-order chi connectivity index (χ1) is 13.8. The SMILES string of the molecule is [13CH3][13C@H]1[13CH2][13C@@H](O)[13C@@]23[13C]1=[13CH][13C@@]1([13CH3])[13CH2][13CH2][13C@]([13CH3])([13CH2][13C@@H](O)[13C@@H](O)[13C@@]([13CH3])(O)[13CH2]O)[13C@H]1[13C@@H]2[13CH2][13CH2][13C@@H]3[13CH3]. The van der Waals surface area contributed by atoms with E-state index < -0.39 is 24.4 Å². The van der Waals surface area contributed by atoms with E-state index in [0.717, 1.165) is 32.1 Å². The summed E-state index contributed by atoms with van der Waals surface area (Å²) in [6.45, 7) is 9.92. The van der Waals surface area contributed by atoms with Crippen LogP contribution < -0.4 is 0 Å². The molecule has 0 bridgehead atoms. The second-order valence-electron chi connectivity index (χ2n) is 12.1. The van der Waals surface area contributed by atoms with Crippen molar-refractivity contribution in [3.8, 4) is 0 Å². The summed E-state index contributed by atoms with van der Waals surface area (Å²) in [5.74, 6) is 1.57. The number of hydrogen-bond acceptors (Lipinski definition) is 5. The van der Waals surface area contributed by atoms with E-state index >= 15 is 0 Å². The highest BCUT2D eigenvalue weighted by Gasteiger charge is 2.69. The van der Waals surface area contributed by atoms with E-state index in [-0.39, 0.29) is 22.3 Å². The molecule has 0 unspecified atom stereocenters. The van der Waals surface area contributed by atoms with Gasteiger partial charge in [0.15, 0.2) is 0 Å². The first-order valence-electron chi connectivity index (χ1n) is 11.9. The second kappa shape index (κ2) is 7.02. The van der Waals surface area contributed by atoms with E-state index in [2.05, 4.69) is 33.8 Å². The Hall–Kier alpha value is -0.460. The van der Waals surface area contributed by atoms with Crippen molar-refractivity contribution in [1.82, 2.24) is 0 Å². The number of allylic oxidation sites excluding steroid dienone is 1. The highest BCUT2D eigenvalue weighted by molar-refractivity contribution is 5.38. The van der Waals surface area contributed by atoms with Gasteiger partial charge in [-0.2, -0.15) is 0 Å². The van der Waals surface area contributed by atoms with Crippen LogP contribution in [0.15, 0.2) is 11.6 Å². The van der Waals surface area contributed by atoms with Crippen LogP contribution in [0.1, 0.15) is 73.1 Å². The van der Waals surface area contributed by atoms with Crippen molar-refractivity contribution in [1.29, 1.82) is 0 Å². The van der Waals surface area contributed by atoms with Crippen molar-refractivity contribution in [3.05, 3.63) is 11.6 Å². The van der Waals surface area contributed by atoms with E-state index in [1.54, 1.807) is 0 Å². The molecule has 0 saturated heterocycles. The molecule has 0 aromatic heterocycles. The highest BCUT2D eigenvalue weighted by Crippen LogP contribution is 2.74. The second-order valence-corrected chi connectivity index (χ2v) is 12.1. The Kier molecular flexibility index (Phi) is 5.32. The zero-order valence-electron chi connectivity index (χ0n) is 19.3. The highest BCUT2D eigenvalue weighted by atomic mass is 16.6. The van der Waals surface area contributed by atoms with E-state index in [1.165, 1.54) is 12.5 Å². The van der Waals surface area contributed by atoms with E-state index in [9.17, 15) is 25.5 Å². The molecule has 0 heterocycles. The minimum Gasteiger partial charge on any atom is -0.393 e. The average Bonchev–Trinajstić information content (AvgIpc) is 3.23. The van der Waals surface area contributed by atoms with Gasteiger partial charge in [-0.1, -0.05) is 39.3 Å². The summed E-state index contributed by atoms with van der Waals surface area (Å²) in [6.07, 6.45) is 5.16. The molecule has 3 saturated carbocycles. The molecule has 0 aliphatic heterocycles. The molecule has 5 nitrogen and oxygen atoms in total. The Morgan fingerprint density at radius 2 is 1.83 bits per heavy atom. The largest absolute Gasteiger partial charge is 0.393 e. The third-order valence-corrected chi connectivity index (χ3v) is 10.1. The van der Waals surface area contributed by atoms with Gasteiger partial charge in [-0.05, 0) is 80.0 Å². The van der Waals surface area contributed by atoms with Crippen molar-refractivity contribution in [2.45, 2.75) is 97.1 Å². The fourth-order valence-corrected chi connectivity index (χ4v) is 8.78. The fourth-order valence-electron chi connectivity index (χ4n) is 8.78. The summed E-state index contributed by atoms with van der Waals surface area (Å²) < 4.78 is 0. The number of rotatable bonds is 5. The van der Waals surface area contributed by atoms with Crippen LogP contribution in [0.25, 0.3) is 0 Å². The van der Waals surface area contributed by atoms with Crippen LogP contribution in [0.4, 0.5) is 0 Å². The summed E-state index contributed by atoms with van der Waals surface area (Å²) >= 11 is 0. The Morgan fingerprint density at radius 3 is 2.47 bits per heavy atom. The maximum Gasteiger partial charge on any atom is 0.113 e. The molecular formula is C25H42O5. The molecule has 1 spiro atoms. The Bertz CT molecular complexity index is 718. The van der Waals surface area contributed by atoms with Crippen LogP contribution in [-0.4, -0.2) is 56.1 Å². The maximum absolute atomic E-state index is 11.3. The maximum atomic E-state index is 11.3. The fraction of sp³-hybridized carbons (Fsp3) is 0.920. The lowest BCUT2D eigenvalue weighted by Gasteiger charge is -2.55. The van der Waals surface area contributed by atoms with Crippen LogP contribution >= 0.6 is 0 Å². The Balaban J connectivity index is 1.72. The first kappa shape index (κ1) is 22.7. The molecule has 4 rings (SSSR count). The molecule has 0 aromatic carbocycles. The molecule has 0 radical (unpaired) electrons. The monoisotopic (exact) mass is 447 g/mol. The van der Waals surface area contributed by atoms with Crippen molar-refractivity contribution in [2.24, 2.45) is 39.9 Å². The van der Waals surface area contributed by atoms with Crippen LogP contribution in [0.3, 0.4) is 0 Å². The normalized spacial score (nSPS) is 51.5. The smallest absolute Gasteiger partial charge is 0.113 e. The van der Waals surface area contributed by atoms with Gasteiger partial charge in [0.2, 0.25) is 0 Å². The molecule has 172 valence electrons. The van der Waals surface area contributed by atoms with Crippen molar-refractivity contribution in [3.63, 3.8) is 0 Å². The topological polar surface area (TPSA) is 101 Å². The number of aliphatic hydroxyl groups excluding tert-OH is 4. The van der Waals surface area contributed by atoms with Crippen LogP contribution in [0, 0.1) is 39.9 Å². The molecule has 5 N–H and O–H groups in total. The zero-order valence-corrected chi connectivity index (χ0v) is 19.3. The van der Waals surface area contributed by atoms with Crippen LogP contribution in [0.2, 0.25) is 0 Å². The minimum absolute atomic E-state index is 0.0325. The first-order valence-corrected chi connectivity index (χ1v) is 11.9. The molecule has 4 aliphatic carbocycles. The molecule has 3 fully saturated rings. The molecule has 4 aliphatic rings. The van der Waals surface area contributed by atoms with Gasteiger partial charge in [0.05, 0.1) is 18.8 Å².